The van der Waals surface area contributed by atoms with Gasteiger partial charge in [-0.05, 0) is 82.2 Å². The fourth-order valence-corrected chi connectivity index (χ4v) is 8.03. The molecule has 0 aromatic heterocycles. The summed E-state index contributed by atoms with van der Waals surface area (Å²) < 4.78 is 5.86. The van der Waals surface area contributed by atoms with Crippen LogP contribution >= 0.6 is 0 Å². The van der Waals surface area contributed by atoms with Crippen molar-refractivity contribution in [1.82, 2.24) is 14.7 Å². The highest BCUT2D eigenvalue weighted by atomic mass is 16.6. The number of hydrogen-bond acceptors (Lipinski definition) is 4. The Balaban J connectivity index is 1.13. The van der Waals surface area contributed by atoms with Gasteiger partial charge in [0.15, 0.2) is 0 Å². The van der Waals surface area contributed by atoms with Crippen LogP contribution in [0.4, 0.5) is 4.79 Å². The molecule has 4 saturated carbocycles. The van der Waals surface area contributed by atoms with Crippen LogP contribution in [-0.4, -0.2) is 77.7 Å². The lowest BCUT2D eigenvalue weighted by Gasteiger charge is -2.60. The molecular formula is C22H35N3O2. The quantitative estimate of drug-likeness (QED) is 0.759. The first-order chi connectivity index (χ1) is 13.2. The van der Waals surface area contributed by atoms with Crippen molar-refractivity contribution < 1.29 is 9.53 Å². The van der Waals surface area contributed by atoms with Gasteiger partial charge in [-0.2, -0.15) is 0 Å². The minimum Gasteiger partial charge on any atom is -0.442 e. The molecule has 4 bridgehead atoms. The van der Waals surface area contributed by atoms with E-state index in [4.69, 9.17) is 4.74 Å². The molecule has 2 atom stereocenters. The van der Waals surface area contributed by atoms with E-state index in [1.54, 1.807) is 0 Å². The topological polar surface area (TPSA) is 36.0 Å². The van der Waals surface area contributed by atoms with Crippen LogP contribution in [0.5, 0.6) is 0 Å². The normalized spacial score (nSPS) is 46.9. The number of hydrogen-bond donors (Lipinski definition) is 0. The van der Waals surface area contributed by atoms with Crippen LogP contribution in [0.3, 0.4) is 0 Å². The van der Waals surface area contributed by atoms with E-state index in [1.165, 1.54) is 70.9 Å². The summed E-state index contributed by atoms with van der Waals surface area (Å²) in [5, 5.41) is 0. The number of fused-ring (bicyclic) bond motifs is 1. The fourth-order valence-electron chi connectivity index (χ4n) is 8.03. The Kier molecular flexibility index (Phi) is 4.02. The molecule has 3 saturated heterocycles. The molecule has 7 aliphatic rings. The number of nitrogens with zero attached hydrogens (tertiary/aromatic N) is 3. The van der Waals surface area contributed by atoms with Crippen LogP contribution in [0.25, 0.3) is 0 Å². The number of piperidine rings is 1. The standard InChI is InChI=1S/C22H35N3O2/c26-21-25(7-6-23-4-2-1-3-5-23)19-14-24(15-20(19)27-21)22-11-16-8-17(12-22)10-18(9-16)13-22/h16-20H,1-15H2/t16?,17?,18?,19-,20+,22?/m0/s1. The summed E-state index contributed by atoms with van der Waals surface area (Å²) in [5.41, 5.74) is 0.448. The minimum absolute atomic E-state index is 0.0489. The van der Waals surface area contributed by atoms with Crippen molar-refractivity contribution in [1.29, 1.82) is 0 Å². The van der Waals surface area contributed by atoms with Gasteiger partial charge in [0, 0.05) is 31.7 Å². The second-order valence-corrected chi connectivity index (χ2v) is 10.6. The van der Waals surface area contributed by atoms with Gasteiger partial charge in [0.1, 0.15) is 6.10 Å². The zero-order chi connectivity index (χ0) is 18.0. The zero-order valence-electron chi connectivity index (χ0n) is 16.7. The van der Waals surface area contributed by atoms with Crippen molar-refractivity contribution in [3.05, 3.63) is 0 Å². The van der Waals surface area contributed by atoms with Crippen molar-refractivity contribution >= 4 is 6.09 Å². The Hall–Kier alpha value is -0.810. The lowest BCUT2D eigenvalue weighted by atomic mass is 9.52. The maximum atomic E-state index is 12.5. The Bertz CT molecular complexity index is 567. The number of carbonyl (C=O) groups excluding carboxylic acids is 1. The summed E-state index contributed by atoms with van der Waals surface area (Å²) in [6.45, 7) is 6.34. The number of ether oxygens (including phenoxy) is 1. The zero-order valence-corrected chi connectivity index (χ0v) is 16.7. The van der Waals surface area contributed by atoms with Gasteiger partial charge in [-0.25, -0.2) is 4.79 Å². The molecule has 0 spiro atoms. The largest absolute Gasteiger partial charge is 0.442 e. The third-order valence-corrected chi connectivity index (χ3v) is 8.91. The molecule has 7 rings (SSSR count). The van der Waals surface area contributed by atoms with E-state index in [1.807, 2.05) is 0 Å². The molecule has 3 heterocycles. The third-order valence-electron chi connectivity index (χ3n) is 8.91. The minimum atomic E-state index is -0.0489. The van der Waals surface area contributed by atoms with Gasteiger partial charge in [0.25, 0.3) is 0 Å². The highest BCUT2D eigenvalue weighted by Crippen LogP contribution is 2.58. The first-order valence-corrected chi connectivity index (χ1v) is 11.6. The number of amides is 1. The van der Waals surface area contributed by atoms with Crippen molar-refractivity contribution in [3.63, 3.8) is 0 Å². The van der Waals surface area contributed by atoms with E-state index in [2.05, 4.69) is 14.7 Å². The Morgan fingerprint density at radius 3 is 2.22 bits per heavy atom. The van der Waals surface area contributed by atoms with Gasteiger partial charge < -0.3 is 9.64 Å². The second kappa shape index (κ2) is 6.35. The lowest BCUT2D eigenvalue weighted by molar-refractivity contribution is -0.0854. The maximum absolute atomic E-state index is 12.5. The Morgan fingerprint density at radius 2 is 1.56 bits per heavy atom. The predicted octanol–water partition coefficient (Wildman–Crippen LogP) is 2.95. The summed E-state index contributed by atoms with van der Waals surface area (Å²) >= 11 is 0. The first-order valence-electron chi connectivity index (χ1n) is 11.6. The van der Waals surface area contributed by atoms with Gasteiger partial charge in [-0.1, -0.05) is 6.42 Å². The lowest BCUT2D eigenvalue weighted by Crippen LogP contribution is -2.60. The number of rotatable bonds is 4. The summed E-state index contributed by atoms with van der Waals surface area (Å²) in [4.78, 5) is 19.9. The predicted molar refractivity (Wildman–Crippen MR) is 104 cm³/mol. The van der Waals surface area contributed by atoms with Crippen molar-refractivity contribution in [2.45, 2.75) is 75.5 Å². The number of carbonyl (C=O) groups is 1. The van der Waals surface area contributed by atoms with Gasteiger partial charge in [-0.15, -0.1) is 0 Å². The molecule has 5 nitrogen and oxygen atoms in total. The van der Waals surface area contributed by atoms with E-state index in [0.717, 1.165) is 43.9 Å². The van der Waals surface area contributed by atoms with Crippen molar-refractivity contribution in [2.75, 3.05) is 39.3 Å². The highest BCUT2D eigenvalue weighted by molar-refractivity contribution is 5.71. The molecule has 0 aromatic carbocycles. The molecule has 150 valence electrons. The van der Waals surface area contributed by atoms with E-state index in [0.29, 0.717) is 11.6 Å². The molecule has 7 fully saturated rings. The highest BCUT2D eigenvalue weighted by Gasteiger charge is 2.58. The second-order valence-electron chi connectivity index (χ2n) is 10.6. The molecule has 3 aliphatic heterocycles. The van der Waals surface area contributed by atoms with E-state index in [9.17, 15) is 4.79 Å². The van der Waals surface area contributed by atoms with Crippen LogP contribution in [0.15, 0.2) is 0 Å². The summed E-state index contributed by atoms with van der Waals surface area (Å²) in [6.07, 6.45) is 12.8. The summed E-state index contributed by atoms with van der Waals surface area (Å²) in [7, 11) is 0. The molecule has 0 radical (unpaired) electrons. The van der Waals surface area contributed by atoms with E-state index >= 15 is 0 Å². The maximum Gasteiger partial charge on any atom is 0.410 e. The summed E-state index contributed by atoms with van der Waals surface area (Å²) in [6, 6.07) is 0.301. The van der Waals surface area contributed by atoms with Gasteiger partial charge in [-0.3, -0.25) is 9.80 Å². The molecule has 1 amide bonds. The van der Waals surface area contributed by atoms with Crippen molar-refractivity contribution in [3.8, 4) is 0 Å². The third kappa shape index (κ3) is 2.83. The number of likely N-dealkylation sites (tertiary alicyclic amines) is 2. The monoisotopic (exact) mass is 373 g/mol. The van der Waals surface area contributed by atoms with Crippen LogP contribution in [0, 0.1) is 17.8 Å². The van der Waals surface area contributed by atoms with Gasteiger partial charge >= 0.3 is 6.09 Å². The van der Waals surface area contributed by atoms with Crippen LogP contribution in [0.1, 0.15) is 57.8 Å². The van der Waals surface area contributed by atoms with Crippen molar-refractivity contribution in [2.24, 2.45) is 17.8 Å². The average molecular weight is 374 g/mol. The molecule has 4 aliphatic carbocycles. The van der Waals surface area contributed by atoms with Gasteiger partial charge in [0.05, 0.1) is 6.04 Å². The SMILES string of the molecule is O=C1O[C@@H]2CN(C34CC5CC(CC(C5)C3)C4)C[C@@H]2N1CCN1CCCCC1. The molecule has 27 heavy (non-hydrogen) atoms. The van der Waals surface area contributed by atoms with Crippen LogP contribution < -0.4 is 0 Å². The first kappa shape index (κ1) is 17.1. The molecular weight excluding hydrogens is 338 g/mol. The fraction of sp³-hybridized carbons (Fsp3) is 0.955. The molecule has 0 N–H and O–H groups in total. The Labute approximate surface area is 163 Å². The van der Waals surface area contributed by atoms with Crippen LogP contribution in [-0.2, 0) is 4.74 Å². The van der Waals surface area contributed by atoms with Crippen LogP contribution in [0.2, 0.25) is 0 Å². The Morgan fingerprint density at radius 1 is 0.889 bits per heavy atom. The molecule has 0 unspecified atom stereocenters. The smallest absolute Gasteiger partial charge is 0.410 e. The summed E-state index contributed by atoms with van der Waals surface area (Å²) in [5.74, 6) is 2.94. The molecule has 5 heteroatoms. The van der Waals surface area contributed by atoms with E-state index in [-0.39, 0.29) is 12.2 Å². The molecule has 0 aromatic rings. The van der Waals surface area contributed by atoms with E-state index < -0.39 is 0 Å². The average Bonchev–Trinajstić information content (AvgIpc) is 3.18. The van der Waals surface area contributed by atoms with Gasteiger partial charge in [0.2, 0.25) is 0 Å².